The van der Waals surface area contributed by atoms with Gasteiger partial charge in [0.15, 0.2) is 6.29 Å². The van der Waals surface area contributed by atoms with Gasteiger partial charge in [-0.3, -0.25) is 19.2 Å². The van der Waals surface area contributed by atoms with Crippen molar-refractivity contribution in [2.45, 2.75) is 35.1 Å². The van der Waals surface area contributed by atoms with Crippen LogP contribution in [-0.2, 0) is 9.47 Å². The predicted molar refractivity (Wildman–Crippen MR) is 190 cm³/mol. The van der Waals surface area contributed by atoms with Crippen LogP contribution in [0.25, 0.3) is 0 Å². The van der Waals surface area contributed by atoms with Crippen LogP contribution in [0.1, 0.15) is 48.4 Å². The van der Waals surface area contributed by atoms with Gasteiger partial charge in [-0.15, -0.1) is 0 Å². The molecule has 0 amide bonds. The molecule has 1 saturated heterocycles. The molecular formula is C36H32O6S4. The van der Waals surface area contributed by atoms with E-state index in [0.717, 1.165) is 47.0 Å². The van der Waals surface area contributed by atoms with E-state index in [1.807, 2.05) is 31.2 Å². The highest BCUT2D eigenvalue weighted by atomic mass is 32.2. The molecule has 1 aliphatic heterocycles. The van der Waals surface area contributed by atoms with Crippen LogP contribution >= 0.6 is 47.0 Å². The average Bonchev–Trinajstić information content (AvgIpc) is 3.11. The van der Waals surface area contributed by atoms with Crippen molar-refractivity contribution in [3.05, 3.63) is 144 Å². The maximum atomic E-state index is 13.8. The average molecular weight is 689 g/mol. The molecule has 4 aromatic carbocycles. The summed E-state index contributed by atoms with van der Waals surface area (Å²) < 4.78 is 12.7. The first-order chi connectivity index (χ1) is 22.4. The molecule has 5 atom stereocenters. The molecule has 1 heterocycles. The van der Waals surface area contributed by atoms with Crippen LogP contribution in [0.5, 0.6) is 0 Å². The first-order valence-electron chi connectivity index (χ1n) is 14.7. The Bertz CT molecular complexity index is 1610. The summed E-state index contributed by atoms with van der Waals surface area (Å²) in [6, 6.07) is 35.7. The van der Waals surface area contributed by atoms with Gasteiger partial charge in [-0.25, -0.2) is 0 Å². The van der Waals surface area contributed by atoms with E-state index in [9.17, 15) is 19.2 Å². The molecule has 0 aliphatic carbocycles. The lowest BCUT2D eigenvalue weighted by Gasteiger charge is -2.45. The molecule has 6 nitrogen and oxygen atoms in total. The minimum Gasteiger partial charge on any atom is -0.352 e. The standard InChI is InChI=1S/C36H32O6S4/c1-2-41-36-31(46-35(40)27-21-13-6-14-22-27)30(45-34(39)26-19-11-5-12-20-26)29(44-33(38)25-17-9-4-10-18-25)28(42-36)23-43-32(37)24-15-7-3-8-16-24/h3-22,28-31,36H,2,23H2,1H3/t28-,29+,30+,31+,36+/m1/s1. The molecular weight excluding hydrogens is 657 g/mol. The van der Waals surface area contributed by atoms with Crippen molar-refractivity contribution in [2.24, 2.45) is 0 Å². The molecule has 0 saturated carbocycles. The summed E-state index contributed by atoms with van der Waals surface area (Å²) in [6.07, 6.45) is -1.53. The van der Waals surface area contributed by atoms with Gasteiger partial charge in [0.25, 0.3) is 0 Å². The molecule has 0 N–H and O–H groups in total. The maximum absolute atomic E-state index is 13.8. The Balaban J connectivity index is 1.52. The van der Waals surface area contributed by atoms with Gasteiger partial charge in [-0.1, -0.05) is 168 Å². The molecule has 236 valence electrons. The second-order valence-electron chi connectivity index (χ2n) is 10.2. The van der Waals surface area contributed by atoms with Gasteiger partial charge in [0.2, 0.25) is 20.5 Å². The summed E-state index contributed by atoms with van der Waals surface area (Å²) >= 11 is 4.33. The number of benzene rings is 4. The zero-order valence-corrected chi connectivity index (χ0v) is 28.2. The van der Waals surface area contributed by atoms with Crippen LogP contribution in [0, 0.1) is 0 Å². The second-order valence-corrected chi connectivity index (χ2v) is 14.6. The summed E-state index contributed by atoms with van der Waals surface area (Å²) in [4.78, 5) is 54.2. The Morgan fingerprint density at radius 3 is 1.33 bits per heavy atom. The zero-order chi connectivity index (χ0) is 32.3. The van der Waals surface area contributed by atoms with E-state index in [4.69, 9.17) is 9.47 Å². The molecule has 4 aromatic rings. The van der Waals surface area contributed by atoms with Crippen molar-refractivity contribution in [1.29, 1.82) is 0 Å². The fourth-order valence-electron chi connectivity index (χ4n) is 4.83. The summed E-state index contributed by atoms with van der Waals surface area (Å²) in [7, 11) is 0. The first kappa shape index (κ1) is 34.2. The molecule has 1 aliphatic rings. The van der Waals surface area contributed by atoms with Crippen LogP contribution in [0.4, 0.5) is 0 Å². The lowest BCUT2D eigenvalue weighted by molar-refractivity contribution is -0.177. The van der Waals surface area contributed by atoms with E-state index in [2.05, 4.69) is 0 Å². The molecule has 1 fully saturated rings. The van der Waals surface area contributed by atoms with Crippen molar-refractivity contribution in [2.75, 3.05) is 12.4 Å². The number of ether oxygens (including phenoxy) is 2. The number of hydrogen-bond acceptors (Lipinski definition) is 10. The highest BCUT2D eigenvalue weighted by Gasteiger charge is 2.50. The number of hydrogen-bond donors (Lipinski definition) is 0. The van der Waals surface area contributed by atoms with E-state index >= 15 is 0 Å². The van der Waals surface area contributed by atoms with Gasteiger partial charge < -0.3 is 9.47 Å². The van der Waals surface area contributed by atoms with Crippen LogP contribution in [0.3, 0.4) is 0 Å². The lowest BCUT2D eigenvalue weighted by atomic mass is 10.1. The maximum Gasteiger partial charge on any atom is 0.219 e. The smallest absolute Gasteiger partial charge is 0.219 e. The van der Waals surface area contributed by atoms with E-state index in [1.165, 1.54) is 0 Å². The van der Waals surface area contributed by atoms with Crippen LogP contribution in [-0.4, -0.2) is 61.0 Å². The number of thioether (sulfide) groups is 4. The summed E-state index contributed by atoms with van der Waals surface area (Å²) in [5.74, 6) is 0.220. The summed E-state index contributed by atoms with van der Waals surface area (Å²) in [5.41, 5.74) is 2.08. The normalized spacial score (nSPS) is 20.9. The fourth-order valence-corrected chi connectivity index (χ4v) is 9.92. The highest BCUT2D eigenvalue weighted by molar-refractivity contribution is 8.20. The van der Waals surface area contributed by atoms with Gasteiger partial charge in [0.1, 0.15) is 0 Å². The predicted octanol–water partition coefficient (Wildman–Crippen LogP) is 8.15. The Morgan fingerprint density at radius 2 is 0.913 bits per heavy atom. The van der Waals surface area contributed by atoms with Gasteiger partial charge in [-0.2, -0.15) is 0 Å². The lowest BCUT2D eigenvalue weighted by Crippen LogP contribution is -2.56. The van der Waals surface area contributed by atoms with Gasteiger partial charge >= 0.3 is 0 Å². The molecule has 5 rings (SSSR count). The summed E-state index contributed by atoms with van der Waals surface area (Å²) in [5, 5.41) is -2.53. The van der Waals surface area contributed by atoms with E-state index < -0.39 is 28.1 Å². The molecule has 10 heteroatoms. The Kier molecular flexibility index (Phi) is 12.8. The Morgan fingerprint density at radius 1 is 0.543 bits per heavy atom. The molecule has 0 bridgehead atoms. The zero-order valence-electron chi connectivity index (χ0n) is 24.9. The summed E-state index contributed by atoms with van der Waals surface area (Å²) in [6.45, 7) is 2.14. The van der Waals surface area contributed by atoms with Crippen molar-refractivity contribution in [1.82, 2.24) is 0 Å². The van der Waals surface area contributed by atoms with Crippen LogP contribution in [0.15, 0.2) is 121 Å². The van der Waals surface area contributed by atoms with Crippen molar-refractivity contribution < 1.29 is 28.7 Å². The molecule has 0 radical (unpaired) electrons. The minimum absolute atomic E-state index is 0.129. The fraction of sp³-hybridized carbons (Fsp3) is 0.222. The van der Waals surface area contributed by atoms with Crippen molar-refractivity contribution >= 4 is 67.5 Å². The second kappa shape index (κ2) is 17.2. The SMILES string of the molecule is CCO[C@H]1O[C@H](CSC(=O)c2ccccc2)[C@H](SC(=O)c2ccccc2)[C@H](SC(=O)c2ccccc2)[C@@H]1SC(=O)c1ccccc1. The van der Waals surface area contributed by atoms with Crippen LogP contribution < -0.4 is 0 Å². The number of rotatable bonds is 11. The molecule has 46 heavy (non-hydrogen) atoms. The Hall–Kier alpha value is -3.12. The van der Waals surface area contributed by atoms with E-state index in [0.29, 0.717) is 28.9 Å². The van der Waals surface area contributed by atoms with E-state index in [-0.39, 0.29) is 26.2 Å². The number of carbonyl (C=O) groups excluding carboxylic acids is 4. The third-order valence-corrected chi connectivity index (χ3v) is 12.3. The third kappa shape index (κ3) is 9.02. The van der Waals surface area contributed by atoms with Crippen molar-refractivity contribution in [3.8, 4) is 0 Å². The third-order valence-electron chi connectivity index (χ3n) is 7.07. The highest BCUT2D eigenvalue weighted by Crippen LogP contribution is 2.45. The molecule has 0 spiro atoms. The largest absolute Gasteiger partial charge is 0.352 e. The van der Waals surface area contributed by atoms with Gasteiger partial charge in [0.05, 0.1) is 16.6 Å². The Labute approximate surface area is 285 Å². The quantitative estimate of drug-likeness (QED) is 0.154. The van der Waals surface area contributed by atoms with Crippen LogP contribution in [0.2, 0.25) is 0 Å². The molecule has 0 unspecified atom stereocenters. The van der Waals surface area contributed by atoms with E-state index in [1.54, 1.807) is 97.1 Å². The van der Waals surface area contributed by atoms with Crippen molar-refractivity contribution in [3.63, 3.8) is 0 Å². The van der Waals surface area contributed by atoms with Gasteiger partial charge in [0, 0.05) is 39.9 Å². The number of carbonyl (C=O) groups is 4. The minimum atomic E-state index is -0.871. The molecule has 0 aromatic heterocycles. The topological polar surface area (TPSA) is 86.7 Å². The first-order valence-corrected chi connectivity index (χ1v) is 18.3. The monoisotopic (exact) mass is 688 g/mol. The van der Waals surface area contributed by atoms with Gasteiger partial charge in [-0.05, 0) is 6.92 Å².